The molecule has 0 aromatic carbocycles. The summed E-state index contributed by atoms with van der Waals surface area (Å²) in [5, 5.41) is 0. The minimum atomic E-state index is -0.762. The first-order chi connectivity index (χ1) is 7.56. The largest absolute Gasteiger partial charge is 0.469 e. The standard InChI is InChI=1S/C11H18O5/c1-11(15-6-7-16-11)8-9(12)4-3-5-10(13)14-2/h3-8H2,1-2H3. The van der Waals surface area contributed by atoms with E-state index in [1.165, 1.54) is 7.11 Å². The normalized spacial score (nSPS) is 18.4. The number of rotatable bonds is 6. The summed E-state index contributed by atoms with van der Waals surface area (Å²) in [5.41, 5.74) is 0. The Morgan fingerprint density at radius 3 is 2.44 bits per heavy atom. The molecule has 5 heteroatoms. The van der Waals surface area contributed by atoms with Crippen molar-refractivity contribution >= 4 is 11.8 Å². The molecule has 1 saturated heterocycles. The average Bonchev–Trinajstić information content (AvgIpc) is 2.64. The molecule has 1 aliphatic rings. The zero-order valence-corrected chi connectivity index (χ0v) is 9.78. The summed E-state index contributed by atoms with van der Waals surface area (Å²) in [7, 11) is 1.34. The quantitative estimate of drug-likeness (QED) is 0.638. The number of ether oxygens (including phenoxy) is 3. The van der Waals surface area contributed by atoms with Crippen molar-refractivity contribution in [1.29, 1.82) is 0 Å². The van der Waals surface area contributed by atoms with Crippen LogP contribution in [0, 0.1) is 0 Å². The molecule has 0 saturated carbocycles. The lowest BCUT2D eigenvalue weighted by Gasteiger charge is -2.20. The third-order valence-corrected chi connectivity index (χ3v) is 2.48. The second-order valence-corrected chi connectivity index (χ2v) is 3.98. The number of esters is 1. The van der Waals surface area contributed by atoms with Gasteiger partial charge in [0.1, 0.15) is 5.78 Å². The topological polar surface area (TPSA) is 61.8 Å². The van der Waals surface area contributed by atoms with Gasteiger partial charge in [0.25, 0.3) is 0 Å². The molecule has 0 bridgehead atoms. The first kappa shape index (κ1) is 13.1. The van der Waals surface area contributed by atoms with Crippen LogP contribution < -0.4 is 0 Å². The second kappa shape index (κ2) is 5.96. The van der Waals surface area contributed by atoms with Crippen LogP contribution in [0.1, 0.15) is 32.6 Å². The Bertz CT molecular complexity index is 255. The maximum Gasteiger partial charge on any atom is 0.305 e. The van der Waals surface area contributed by atoms with Gasteiger partial charge in [0.05, 0.1) is 26.7 Å². The van der Waals surface area contributed by atoms with Crippen molar-refractivity contribution in [3.63, 3.8) is 0 Å². The summed E-state index contributed by atoms with van der Waals surface area (Å²) in [6, 6.07) is 0. The molecule has 0 atom stereocenters. The molecule has 0 spiro atoms. The SMILES string of the molecule is COC(=O)CCCC(=O)CC1(C)OCCO1. The summed E-state index contributed by atoms with van der Waals surface area (Å²) in [6.45, 7) is 2.83. The molecule has 0 aliphatic carbocycles. The van der Waals surface area contributed by atoms with Gasteiger partial charge in [-0.1, -0.05) is 0 Å². The van der Waals surface area contributed by atoms with E-state index in [4.69, 9.17) is 9.47 Å². The monoisotopic (exact) mass is 230 g/mol. The van der Waals surface area contributed by atoms with E-state index < -0.39 is 5.79 Å². The number of Topliss-reactive ketones (excluding diaryl/α,β-unsaturated/α-hetero) is 1. The van der Waals surface area contributed by atoms with Crippen molar-refractivity contribution < 1.29 is 23.8 Å². The highest BCUT2D eigenvalue weighted by molar-refractivity contribution is 5.79. The highest BCUT2D eigenvalue weighted by Crippen LogP contribution is 2.23. The van der Waals surface area contributed by atoms with Gasteiger partial charge in [-0.25, -0.2) is 0 Å². The van der Waals surface area contributed by atoms with Crippen LogP contribution in [0.25, 0.3) is 0 Å². The minimum Gasteiger partial charge on any atom is -0.469 e. The molecule has 0 radical (unpaired) electrons. The summed E-state index contributed by atoms with van der Waals surface area (Å²) < 4.78 is 15.1. The average molecular weight is 230 g/mol. The molecular weight excluding hydrogens is 212 g/mol. The van der Waals surface area contributed by atoms with Gasteiger partial charge in [-0.2, -0.15) is 0 Å². The van der Waals surface area contributed by atoms with Crippen LogP contribution in [0.4, 0.5) is 0 Å². The van der Waals surface area contributed by atoms with Crippen LogP contribution in [-0.4, -0.2) is 37.9 Å². The number of carbonyl (C=O) groups is 2. The van der Waals surface area contributed by atoms with E-state index >= 15 is 0 Å². The van der Waals surface area contributed by atoms with E-state index in [2.05, 4.69) is 4.74 Å². The van der Waals surface area contributed by atoms with Crippen molar-refractivity contribution in [3.05, 3.63) is 0 Å². The van der Waals surface area contributed by atoms with Gasteiger partial charge in [-0.05, 0) is 13.3 Å². The molecule has 1 heterocycles. The van der Waals surface area contributed by atoms with Crippen molar-refractivity contribution in [2.75, 3.05) is 20.3 Å². The van der Waals surface area contributed by atoms with Gasteiger partial charge in [0.2, 0.25) is 0 Å². The molecule has 1 aliphatic heterocycles. The summed E-state index contributed by atoms with van der Waals surface area (Å²) in [6.07, 6.45) is 1.40. The van der Waals surface area contributed by atoms with Crippen molar-refractivity contribution in [2.24, 2.45) is 0 Å². The highest BCUT2D eigenvalue weighted by Gasteiger charge is 2.33. The predicted molar refractivity (Wildman–Crippen MR) is 55.8 cm³/mol. The molecule has 1 fully saturated rings. The van der Waals surface area contributed by atoms with Crippen LogP contribution in [0.2, 0.25) is 0 Å². The lowest BCUT2D eigenvalue weighted by molar-refractivity contribution is -0.158. The van der Waals surface area contributed by atoms with Gasteiger partial charge in [-0.15, -0.1) is 0 Å². The van der Waals surface area contributed by atoms with E-state index in [0.29, 0.717) is 26.1 Å². The van der Waals surface area contributed by atoms with Crippen LogP contribution in [-0.2, 0) is 23.8 Å². The fourth-order valence-electron chi connectivity index (χ4n) is 1.64. The molecule has 1 rings (SSSR count). The van der Waals surface area contributed by atoms with Crippen molar-refractivity contribution in [3.8, 4) is 0 Å². The van der Waals surface area contributed by atoms with Crippen molar-refractivity contribution in [2.45, 2.75) is 38.4 Å². The third kappa shape index (κ3) is 4.28. The minimum absolute atomic E-state index is 0.0494. The molecular formula is C11H18O5. The summed E-state index contributed by atoms with van der Waals surface area (Å²) in [4.78, 5) is 22.4. The second-order valence-electron chi connectivity index (χ2n) is 3.98. The Kier molecular flexibility index (Phi) is 4.89. The lowest BCUT2D eigenvalue weighted by atomic mass is 10.1. The summed E-state index contributed by atoms with van der Waals surface area (Å²) >= 11 is 0. The number of hydrogen-bond donors (Lipinski definition) is 0. The Morgan fingerprint density at radius 1 is 1.25 bits per heavy atom. The first-order valence-corrected chi connectivity index (χ1v) is 5.42. The third-order valence-electron chi connectivity index (χ3n) is 2.48. The number of carbonyl (C=O) groups excluding carboxylic acids is 2. The molecule has 5 nitrogen and oxygen atoms in total. The van der Waals surface area contributed by atoms with E-state index in [-0.39, 0.29) is 24.6 Å². The van der Waals surface area contributed by atoms with Crippen molar-refractivity contribution in [1.82, 2.24) is 0 Å². The van der Waals surface area contributed by atoms with Crippen LogP contribution >= 0.6 is 0 Å². The predicted octanol–water partition coefficient (Wildman–Crippen LogP) is 1.05. The fourth-order valence-corrected chi connectivity index (χ4v) is 1.64. The van der Waals surface area contributed by atoms with Crippen LogP contribution in [0.3, 0.4) is 0 Å². The maximum absolute atomic E-state index is 11.6. The number of hydrogen-bond acceptors (Lipinski definition) is 5. The smallest absolute Gasteiger partial charge is 0.305 e. The van der Waals surface area contributed by atoms with E-state index in [1.54, 1.807) is 6.92 Å². The van der Waals surface area contributed by atoms with Crippen LogP contribution in [0.15, 0.2) is 0 Å². The van der Waals surface area contributed by atoms with Crippen LogP contribution in [0.5, 0.6) is 0 Å². The Hall–Kier alpha value is -0.940. The van der Waals surface area contributed by atoms with Gasteiger partial charge in [0, 0.05) is 12.8 Å². The lowest BCUT2D eigenvalue weighted by Crippen LogP contribution is -2.29. The van der Waals surface area contributed by atoms with Gasteiger partial charge in [0.15, 0.2) is 5.79 Å². The van der Waals surface area contributed by atoms with Gasteiger partial charge < -0.3 is 14.2 Å². The number of ketones is 1. The first-order valence-electron chi connectivity index (χ1n) is 5.42. The Labute approximate surface area is 95.0 Å². The Balaban J connectivity index is 2.18. The molecule has 0 unspecified atom stereocenters. The Morgan fingerprint density at radius 2 is 1.88 bits per heavy atom. The molecule has 0 aromatic heterocycles. The summed E-state index contributed by atoms with van der Waals surface area (Å²) in [5.74, 6) is -0.997. The number of methoxy groups -OCH3 is 1. The van der Waals surface area contributed by atoms with Gasteiger partial charge >= 0.3 is 5.97 Å². The zero-order valence-electron chi connectivity index (χ0n) is 9.78. The fraction of sp³-hybridized carbons (Fsp3) is 0.818. The molecule has 92 valence electrons. The van der Waals surface area contributed by atoms with E-state index in [9.17, 15) is 9.59 Å². The molecule has 0 aromatic rings. The maximum atomic E-state index is 11.6. The highest BCUT2D eigenvalue weighted by atomic mass is 16.7. The van der Waals surface area contributed by atoms with E-state index in [1.807, 2.05) is 0 Å². The van der Waals surface area contributed by atoms with E-state index in [0.717, 1.165) is 0 Å². The van der Waals surface area contributed by atoms with Gasteiger partial charge in [-0.3, -0.25) is 9.59 Å². The molecule has 0 N–H and O–H groups in total. The molecule has 16 heavy (non-hydrogen) atoms. The zero-order chi connectivity index (χ0) is 12.0. The molecule has 0 amide bonds.